The Hall–Kier alpha value is -2.68. The van der Waals surface area contributed by atoms with E-state index in [1.165, 1.54) is 0 Å². The van der Waals surface area contributed by atoms with Gasteiger partial charge in [-0.1, -0.05) is 48.9 Å². The molecular weight excluding hydrogens is 466 g/mol. The van der Waals surface area contributed by atoms with Crippen molar-refractivity contribution in [3.63, 3.8) is 0 Å². The van der Waals surface area contributed by atoms with Crippen LogP contribution < -0.4 is 20.9 Å². The number of hydrogen-bond donors (Lipinski definition) is 3. The summed E-state index contributed by atoms with van der Waals surface area (Å²) in [6.45, 7) is 14.7. The summed E-state index contributed by atoms with van der Waals surface area (Å²) < 4.78 is 0. The first-order valence-corrected chi connectivity index (χ1v) is 13.0. The van der Waals surface area contributed by atoms with Crippen molar-refractivity contribution in [1.29, 1.82) is 0 Å². The third kappa shape index (κ3) is 6.68. The third-order valence-corrected chi connectivity index (χ3v) is 6.45. The van der Waals surface area contributed by atoms with Gasteiger partial charge in [-0.2, -0.15) is 0 Å². The summed E-state index contributed by atoms with van der Waals surface area (Å²) in [7, 11) is 0. The van der Waals surface area contributed by atoms with Crippen LogP contribution in [0.5, 0.6) is 0 Å². The molecule has 0 radical (unpaired) electrons. The largest absolute Gasteiger partial charge is 0.384 e. The number of benzene rings is 1. The molecule has 182 valence electrons. The smallest absolute Gasteiger partial charge is 0.188 e. The monoisotopic (exact) mass is 499 g/mol. The predicted octanol–water partition coefficient (Wildman–Crippen LogP) is 5.98. The van der Waals surface area contributed by atoms with Gasteiger partial charge in [0.15, 0.2) is 5.13 Å². The van der Waals surface area contributed by atoms with Gasteiger partial charge >= 0.3 is 0 Å². The molecule has 2 aromatic heterocycles. The van der Waals surface area contributed by atoms with E-state index < -0.39 is 0 Å². The van der Waals surface area contributed by atoms with E-state index in [0.717, 1.165) is 82.0 Å². The molecule has 0 spiro atoms. The van der Waals surface area contributed by atoms with Gasteiger partial charge in [0.1, 0.15) is 17.5 Å². The molecule has 0 saturated carbocycles. The molecule has 0 bridgehead atoms. The van der Waals surface area contributed by atoms with E-state index in [1.54, 1.807) is 11.3 Å². The molecule has 1 fully saturated rings. The maximum atomic E-state index is 6.33. The minimum Gasteiger partial charge on any atom is -0.384 e. The van der Waals surface area contributed by atoms with Crippen LogP contribution in [-0.4, -0.2) is 47.7 Å². The van der Waals surface area contributed by atoms with Crippen LogP contribution in [0.2, 0.25) is 5.02 Å². The molecule has 34 heavy (non-hydrogen) atoms. The van der Waals surface area contributed by atoms with E-state index >= 15 is 0 Å². The molecule has 1 aliphatic heterocycles. The van der Waals surface area contributed by atoms with Crippen LogP contribution in [0.25, 0.3) is 12.2 Å². The number of aromatic nitrogens is 3. The third-order valence-electron chi connectivity index (χ3n) is 5.26. The van der Waals surface area contributed by atoms with Crippen molar-refractivity contribution in [1.82, 2.24) is 20.3 Å². The molecule has 0 unspecified atom stereocenters. The van der Waals surface area contributed by atoms with Gasteiger partial charge in [-0.25, -0.2) is 15.0 Å². The minimum atomic E-state index is 0.742. The minimum absolute atomic E-state index is 0.742. The molecule has 1 aromatic carbocycles. The lowest BCUT2D eigenvalue weighted by atomic mass is 10.1. The predicted molar refractivity (Wildman–Crippen MR) is 148 cm³/mol. The van der Waals surface area contributed by atoms with Crippen LogP contribution in [0.1, 0.15) is 42.6 Å². The average Bonchev–Trinajstić information content (AvgIpc) is 3.30. The Bertz CT molecular complexity index is 1110. The number of thiazole rings is 1. The molecule has 9 heteroatoms. The van der Waals surface area contributed by atoms with Crippen molar-refractivity contribution >= 4 is 57.5 Å². The van der Waals surface area contributed by atoms with Gasteiger partial charge in [0.2, 0.25) is 0 Å². The molecule has 1 aliphatic rings. The molecule has 1 saturated heterocycles. The Labute approximate surface area is 211 Å². The van der Waals surface area contributed by atoms with Crippen LogP contribution in [0.3, 0.4) is 0 Å². The van der Waals surface area contributed by atoms with Crippen molar-refractivity contribution in [2.24, 2.45) is 0 Å². The zero-order chi connectivity index (χ0) is 24.5. The number of hydrogen-bond acceptors (Lipinski definition) is 8. The van der Waals surface area contributed by atoms with Gasteiger partial charge in [-0.05, 0) is 44.0 Å². The number of rotatable bonds is 7. The Morgan fingerprint density at radius 2 is 1.91 bits per heavy atom. The molecule has 0 atom stereocenters. The van der Waals surface area contributed by atoms with Gasteiger partial charge < -0.3 is 20.9 Å². The van der Waals surface area contributed by atoms with Crippen molar-refractivity contribution in [3.8, 4) is 0 Å². The van der Waals surface area contributed by atoms with E-state index in [0.29, 0.717) is 0 Å². The van der Waals surface area contributed by atoms with E-state index in [-0.39, 0.29) is 0 Å². The second-order valence-corrected chi connectivity index (χ2v) is 9.06. The normalized spacial score (nSPS) is 13.5. The summed E-state index contributed by atoms with van der Waals surface area (Å²) in [5, 5.41) is 11.6. The fourth-order valence-electron chi connectivity index (χ4n) is 3.64. The van der Waals surface area contributed by atoms with Gasteiger partial charge in [0.25, 0.3) is 0 Å². The number of anilines is 4. The van der Waals surface area contributed by atoms with Crippen LogP contribution in [0.15, 0.2) is 24.4 Å². The maximum absolute atomic E-state index is 6.33. The molecule has 3 aromatic rings. The highest BCUT2D eigenvalue weighted by molar-refractivity contribution is 7.16. The maximum Gasteiger partial charge on any atom is 0.188 e. The molecule has 3 N–H and O–H groups in total. The summed E-state index contributed by atoms with van der Waals surface area (Å²) in [6.07, 6.45) is 6.04. The van der Waals surface area contributed by atoms with Crippen LogP contribution in [0.4, 0.5) is 22.5 Å². The molecule has 0 aliphatic carbocycles. The highest BCUT2D eigenvalue weighted by atomic mass is 35.5. The Balaban J connectivity index is 0.00000158. The number of nitrogens with zero attached hydrogens (tertiary/aromatic N) is 4. The first-order chi connectivity index (χ1) is 16.5. The first kappa shape index (κ1) is 25.9. The van der Waals surface area contributed by atoms with E-state index in [4.69, 9.17) is 11.6 Å². The van der Waals surface area contributed by atoms with Crippen molar-refractivity contribution in [2.75, 3.05) is 48.3 Å². The lowest BCUT2D eigenvalue weighted by Gasteiger charge is -2.28. The zero-order valence-electron chi connectivity index (χ0n) is 20.6. The van der Waals surface area contributed by atoms with E-state index in [1.807, 2.05) is 45.2 Å². The number of halogens is 1. The summed E-state index contributed by atoms with van der Waals surface area (Å²) in [4.78, 5) is 17.0. The highest BCUT2D eigenvalue weighted by Crippen LogP contribution is 2.30. The zero-order valence-corrected chi connectivity index (χ0v) is 22.1. The van der Waals surface area contributed by atoms with Crippen LogP contribution >= 0.6 is 22.9 Å². The first-order valence-electron chi connectivity index (χ1n) is 11.8. The van der Waals surface area contributed by atoms with Gasteiger partial charge in [0.05, 0.1) is 10.7 Å². The molecule has 0 amide bonds. The lowest BCUT2D eigenvalue weighted by Crippen LogP contribution is -2.44. The molecular formula is C25H34ClN7S. The standard InChI is InChI=1S/C23H28ClN7S.C2H6/c1-4-26-22-15(2)17(6-8-19(22)24)5-7-18-14-27-23(32-18)30-20-13-21(29-16(3)28-20)31-11-9-25-10-12-31;1-2/h5-8,13-14,25-26H,4,9-12H2,1-3H3,(H,27,28,29,30);1-2H3/b7-5+;. The fraction of sp³-hybridized carbons (Fsp3) is 0.400. The van der Waals surface area contributed by atoms with Gasteiger partial charge in [0, 0.05) is 49.9 Å². The number of nitrogens with one attached hydrogen (secondary N) is 3. The lowest BCUT2D eigenvalue weighted by molar-refractivity contribution is 0.584. The summed E-state index contributed by atoms with van der Waals surface area (Å²) in [5.74, 6) is 2.46. The van der Waals surface area contributed by atoms with Crippen molar-refractivity contribution < 1.29 is 0 Å². The SMILES string of the molecule is CC.CCNc1c(Cl)ccc(/C=C/c2cnc(Nc3cc(N4CCNCC4)nc(C)n3)s2)c1C. The molecule has 3 heterocycles. The summed E-state index contributed by atoms with van der Waals surface area (Å²) in [6, 6.07) is 5.96. The van der Waals surface area contributed by atoms with Gasteiger partial charge in [-0.3, -0.25) is 0 Å². The van der Waals surface area contributed by atoms with Crippen LogP contribution in [-0.2, 0) is 0 Å². The quantitative estimate of drug-likeness (QED) is 0.368. The van der Waals surface area contributed by atoms with Crippen LogP contribution in [0, 0.1) is 13.8 Å². The second kappa shape index (κ2) is 12.7. The Morgan fingerprint density at radius 3 is 2.65 bits per heavy atom. The Morgan fingerprint density at radius 1 is 1.15 bits per heavy atom. The molecule has 4 rings (SSSR count). The fourth-order valence-corrected chi connectivity index (χ4v) is 4.64. The second-order valence-electron chi connectivity index (χ2n) is 7.59. The van der Waals surface area contributed by atoms with Crippen molar-refractivity contribution in [2.45, 2.75) is 34.6 Å². The highest BCUT2D eigenvalue weighted by Gasteiger charge is 2.14. The average molecular weight is 500 g/mol. The van der Waals surface area contributed by atoms with Gasteiger partial charge in [-0.15, -0.1) is 0 Å². The molecule has 7 nitrogen and oxygen atoms in total. The summed E-state index contributed by atoms with van der Waals surface area (Å²) in [5.41, 5.74) is 3.25. The van der Waals surface area contributed by atoms with E-state index in [9.17, 15) is 0 Å². The van der Waals surface area contributed by atoms with E-state index in [2.05, 4.69) is 61.8 Å². The number of aryl methyl sites for hydroxylation is 1. The summed E-state index contributed by atoms with van der Waals surface area (Å²) >= 11 is 7.91. The Kier molecular flexibility index (Phi) is 9.68. The number of piperazine rings is 1. The van der Waals surface area contributed by atoms with Crippen molar-refractivity contribution in [3.05, 3.63) is 51.2 Å². The topological polar surface area (TPSA) is 78.0 Å².